The molecule has 0 unspecified atom stereocenters. The van der Waals surface area contributed by atoms with Crippen molar-refractivity contribution in [2.45, 2.75) is 6.42 Å². The van der Waals surface area contributed by atoms with E-state index in [2.05, 4.69) is 16.4 Å². The Balaban J connectivity index is 2.67. The highest BCUT2D eigenvalue weighted by Gasteiger charge is 2.02. The number of fused-ring (bicyclic) bond motifs is 1. The van der Waals surface area contributed by atoms with E-state index in [1.165, 1.54) is 5.69 Å². The summed E-state index contributed by atoms with van der Waals surface area (Å²) in [4.78, 5) is 0. The molecule has 3 heteroatoms. The molecule has 0 atom stereocenters. The summed E-state index contributed by atoms with van der Waals surface area (Å²) < 4.78 is 1.78. The Morgan fingerprint density at radius 3 is 3.50 bits per heavy atom. The Kier molecular flexibility index (Phi) is 0.566. The van der Waals surface area contributed by atoms with Gasteiger partial charge in [0.2, 0.25) is 0 Å². The van der Waals surface area contributed by atoms with Gasteiger partial charge in [0.15, 0.2) is 0 Å². The first kappa shape index (κ1) is 3.83. The third kappa shape index (κ3) is 0.332. The smallest absolute Gasteiger partial charge is 0.0732 e. The molecule has 0 saturated carbocycles. The van der Waals surface area contributed by atoms with Crippen molar-refractivity contribution < 1.29 is 0 Å². The van der Waals surface area contributed by atoms with Gasteiger partial charge in [0.05, 0.1) is 11.9 Å². The van der Waals surface area contributed by atoms with Crippen molar-refractivity contribution in [2.75, 3.05) is 0 Å². The molecule has 0 radical (unpaired) electrons. The van der Waals surface area contributed by atoms with E-state index in [4.69, 9.17) is 0 Å². The SMILES string of the molecule is C1=Cn2nncc2C1. The van der Waals surface area contributed by atoms with Crippen molar-refractivity contribution in [3.8, 4) is 0 Å². The first-order valence-electron chi connectivity index (χ1n) is 2.52. The molecule has 0 amide bonds. The van der Waals surface area contributed by atoms with Gasteiger partial charge in [-0.25, -0.2) is 4.68 Å². The third-order valence-corrected chi connectivity index (χ3v) is 1.22. The summed E-state index contributed by atoms with van der Waals surface area (Å²) in [5.74, 6) is 0. The Morgan fingerprint density at radius 1 is 1.62 bits per heavy atom. The molecule has 1 aromatic heterocycles. The molecule has 1 aliphatic heterocycles. The second-order valence-electron chi connectivity index (χ2n) is 1.76. The van der Waals surface area contributed by atoms with Crippen LogP contribution in [0.4, 0.5) is 0 Å². The highest BCUT2D eigenvalue weighted by molar-refractivity contribution is 5.31. The molecule has 2 heterocycles. The molecule has 0 aromatic carbocycles. The van der Waals surface area contributed by atoms with Crippen molar-refractivity contribution in [1.82, 2.24) is 15.0 Å². The lowest BCUT2D eigenvalue weighted by Gasteiger charge is -1.82. The Hall–Kier alpha value is -1.12. The van der Waals surface area contributed by atoms with Crippen LogP contribution >= 0.6 is 0 Å². The van der Waals surface area contributed by atoms with Gasteiger partial charge >= 0.3 is 0 Å². The molecule has 1 aromatic rings. The highest BCUT2D eigenvalue weighted by Crippen LogP contribution is 2.05. The van der Waals surface area contributed by atoms with Crippen LogP contribution in [0.25, 0.3) is 6.20 Å². The van der Waals surface area contributed by atoms with Crippen molar-refractivity contribution in [1.29, 1.82) is 0 Å². The zero-order valence-corrected chi connectivity index (χ0v) is 4.28. The van der Waals surface area contributed by atoms with Gasteiger partial charge in [0.1, 0.15) is 0 Å². The van der Waals surface area contributed by atoms with Crippen LogP contribution in [0.3, 0.4) is 0 Å². The molecule has 0 bridgehead atoms. The number of allylic oxidation sites excluding steroid dienone is 1. The summed E-state index contributed by atoms with van der Waals surface area (Å²) in [6.07, 6.45) is 6.74. The molecule has 40 valence electrons. The fraction of sp³-hybridized carbons (Fsp3) is 0.200. The van der Waals surface area contributed by atoms with E-state index in [9.17, 15) is 0 Å². The van der Waals surface area contributed by atoms with Gasteiger partial charge in [-0.1, -0.05) is 11.3 Å². The van der Waals surface area contributed by atoms with Gasteiger partial charge in [-0.2, -0.15) is 0 Å². The van der Waals surface area contributed by atoms with Gasteiger partial charge < -0.3 is 0 Å². The summed E-state index contributed by atoms with van der Waals surface area (Å²) in [7, 11) is 0. The van der Waals surface area contributed by atoms with Gasteiger partial charge in [0, 0.05) is 12.6 Å². The van der Waals surface area contributed by atoms with Gasteiger partial charge in [-0.05, 0) is 0 Å². The topological polar surface area (TPSA) is 30.7 Å². The quantitative estimate of drug-likeness (QED) is 0.477. The predicted octanol–water partition coefficient (Wildman–Crippen LogP) is 0.305. The minimum atomic E-state index is 0.979. The van der Waals surface area contributed by atoms with Crippen molar-refractivity contribution >= 4 is 6.20 Å². The van der Waals surface area contributed by atoms with Crippen LogP contribution in [0.5, 0.6) is 0 Å². The molecule has 0 saturated heterocycles. The van der Waals surface area contributed by atoms with E-state index in [-0.39, 0.29) is 0 Å². The molecular formula is C5H5N3. The number of hydrogen-bond acceptors (Lipinski definition) is 2. The monoisotopic (exact) mass is 107 g/mol. The fourth-order valence-corrected chi connectivity index (χ4v) is 0.810. The van der Waals surface area contributed by atoms with E-state index in [0.717, 1.165) is 6.42 Å². The van der Waals surface area contributed by atoms with Crippen LogP contribution in [0.15, 0.2) is 12.3 Å². The minimum absolute atomic E-state index is 0.979. The summed E-state index contributed by atoms with van der Waals surface area (Å²) >= 11 is 0. The maximum Gasteiger partial charge on any atom is 0.0732 e. The number of hydrogen-bond donors (Lipinski definition) is 0. The van der Waals surface area contributed by atoms with Gasteiger partial charge in [-0.15, -0.1) is 5.10 Å². The second kappa shape index (κ2) is 1.18. The van der Waals surface area contributed by atoms with Crippen LogP contribution in [-0.2, 0) is 6.42 Å². The summed E-state index contributed by atoms with van der Waals surface area (Å²) in [5, 5.41) is 7.48. The normalized spacial score (nSPS) is 14.5. The molecule has 2 rings (SSSR count). The third-order valence-electron chi connectivity index (χ3n) is 1.22. The van der Waals surface area contributed by atoms with E-state index in [1.807, 2.05) is 6.20 Å². The van der Waals surface area contributed by atoms with E-state index < -0.39 is 0 Å². The first-order chi connectivity index (χ1) is 3.97. The molecule has 8 heavy (non-hydrogen) atoms. The molecular weight excluding hydrogens is 102 g/mol. The number of rotatable bonds is 0. The van der Waals surface area contributed by atoms with Crippen LogP contribution in [-0.4, -0.2) is 15.0 Å². The van der Waals surface area contributed by atoms with E-state index in [0.29, 0.717) is 0 Å². The largest absolute Gasteiger partial charge is 0.225 e. The fourth-order valence-electron chi connectivity index (χ4n) is 0.810. The van der Waals surface area contributed by atoms with Gasteiger partial charge in [-0.3, -0.25) is 0 Å². The van der Waals surface area contributed by atoms with Crippen LogP contribution in [0.2, 0.25) is 0 Å². The second-order valence-corrected chi connectivity index (χ2v) is 1.76. The molecule has 0 spiro atoms. The molecule has 0 fully saturated rings. The summed E-state index contributed by atoms with van der Waals surface area (Å²) in [6, 6.07) is 0. The predicted molar refractivity (Wildman–Crippen MR) is 29.1 cm³/mol. The lowest BCUT2D eigenvalue weighted by Crippen LogP contribution is -1.87. The average Bonchev–Trinajstić information content (AvgIpc) is 2.15. The first-order valence-corrected chi connectivity index (χ1v) is 2.52. The molecule has 3 nitrogen and oxygen atoms in total. The van der Waals surface area contributed by atoms with Crippen LogP contribution < -0.4 is 0 Å². The Morgan fingerprint density at radius 2 is 2.62 bits per heavy atom. The van der Waals surface area contributed by atoms with Crippen LogP contribution in [0.1, 0.15) is 5.69 Å². The number of aromatic nitrogens is 3. The van der Waals surface area contributed by atoms with Crippen LogP contribution in [0, 0.1) is 0 Å². The van der Waals surface area contributed by atoms with Gasteiger partial charge in [0.25, 0.3) is 0 Å². The maximum absolute atomic E-state index is 3.78. The van der Waals surface area contributed by atoms with E-state index >= 15 is 0 Å². The lowest BCUT2D eigenvalue weighted by atomic mass is 10.4. The zero-order valence-electron chi connectivity index (χ0n) is 4.28. The molecule has 1 aliphatic rings. The highest BCUT2D eigenvalue weighted by atomic mass is 15.4. The average molecular weight is 107 g/mol. The molecule has 0 aliphatic carbocycles. The zero-order chi connectivity index (χ0) is 5.40. The Bertz CT molecular complexity index is 223. The summed E-state index contributed by atoms with van der Waals surface area (Å²) in [6.45, 7) is 0. The van der Waals surface area contributed by atoms with Crippen molar-refractivity contribution in [3.05, 3.63) is 18.0 Å². The minimum Gasteiger partial charge on any atom is -0.225 e. The van der Waals surface area contributed by atoms with Crippen molar-refractivity contribution in [3.63, 3.8) is 0 Å². The lowest BCUT2D eigenvalue weighted by molar-refractivity contribution is 0.831. The molecule has 0 N–H and O–H groups in total. The summed E-state index contributed by atoms with van der Waals surface area (Å²) in [5.41, 5.74) is 1.17. The number of nitrogens with zero attached hydrogens (tertiary/aromatic N) is 3. The van der Waals surface area contributed by atoms with Crippen molar-refractivity contribution in [2.24, 2.45) is 0 Å². The Labute approximate surface area is 46.6 Å². The standard InChI is InChI=1S/C5H5N3/c1-2-5-4-6-7-8(5)3-1/h1,3-4H,2H2. The van der Waals surface area contributed by atoms with E-state index in [1.54, 1.807) is 10.9 Å². The maximum atomic E-state index is 3.78.